The van der Waals surface area contributed by atoms with Gasteiger partial charge < -0.3 is 16.4 Å². The van der Waals surface area contributed by atoms with E-state index in [1.54, 1.807) is 0 Å². The van der Waals surface area contributed by atoms with Gasteiger partial charge >= 0.3 is 0 Å². The van der Waals surface area contributed by atoms with E-state index in [1.807, 2.05) is 13.2 Å². The van der Waals surface area contributed by atoms with Crippen LogP contribution in [0.5, 0.6) is 0 Å². The molecule has 0 bridgehead atoms. The Morgan fingerprint density at radius 3 is 2.43 bits per heavy atom. The summed E-state index contributed by atoms with van der Waals surface area (Å²) < 4.78 is 0. The van der Waals surface area contributed by atoms with Crippen LogP contribution in [0.15, 0.2) is 11.5 Å². The van der Waals surface area contributed by atoms with E-state index in [0.717, 1.165) is 11.7 Å². The molecule has 0 fully saturated rings. The third kappa shape index (κ3) is 6.75. The molecule has 0 aromatic carbocycles. The third-order valence-corrected chi connectivity index (χ3v) is 2.53. The molecule has 9 nitrogen and oxygen atoms in total. The lowest BCUT2D eigenvalue weighted by Crippen LogP contribution is -2.15. The molecule has 2 aromatic heterocycles. The second-order valence-electron chi connectivity index (χ2n) is 4.17. The summed E-state index contributed by atoms with van der Waals surface area (Å²) in [6.45, 7) is 6.92. The first kappa shape index (κ1) is 17.0. The quantitative estimate of drug-likeness (QED) is 0.602. The van der Waals surface area contributed by atoms with E-state index >= 15 is 0 Å². The van der Waals surface area contributed by atoms with Crippen LogP contribution in [0.2, 0.25) is 0 Å². The van der Waals surface area contributed by atoms with Gasteiger partial charge in [-0.15, -0.1) is 0 Å². The molecule has 0 unspecified atom stereocenters. The van der Waals surface area contributed by atoms with Crippen LogP contribution in [0, 0.1) is 0 Å². The van der Waals surface area contributed by atoms with Gasteiger partial charge in [-0.25, -0.2) is 10.1 Å². The number of hydrogen-bond acceptors (Lipinski definition) is 9. The van der Waals surface area contributed by atoms with E-state index in [2.05, 4.69) is 54.6 Å². The molecule has 5 N–H and O–H groups in total. The molecule has 0 aliphatic carbocycles. The topological polar surface area (TPSA) is 130 Å². The number of nitrogens with two attached hydrogens (primary N) is 1. The summed E-state index contributed by atoms with van der Waals surface area (Å²) in [5.74, 6) is 1.61. The van der Waals surface area contributed by atoms with Crippen molar-refractivity contribution in [1.29, 1.82) is 0 Å². The molecule has 21 heavy (non-hydrogen) atoms. The van der Waals surface area contributed by atoms with Crippen molar-refractivity contribution >= 4 is 29.6 Å². The Balaban J connectivity index is 0.000000304. The maximum Gasteiger partial charge on any atom is 0.228 e. The van der Waals surface area contributed by atoms with Gasteiger partial charge in [-0.1, -0.05) is 11.8 Å². The fourth-order valence-corrected chi connectivity index (χ4v) is 1.58. The van der Waals surface area contributed by atoms with E-state index in [4.69, 9.17) is 5.73 Å². The van der Waals surface area contributed by atoms with Crippen LogP contribution in [0.1, 0.15) is 20.8 Å². The van der Waals surface area contributed by atoms with Crippen molar-refractivity contribution in [3.05, 3.63) is 6.33 Å². The molecule has 0 aliphatic heterocycles. The number of thioether (sulfide) groups is 1. The van der Waals surface area contributed by atoms with Gasteiger partial charge in [0.1, 0.15) is 6.33 Å². The second kappa shape index (κ2) is 8.95. The number of anilines is 3. The first-order chi connectivity index (χ1) is 10.0. The number of hydrogen-bond donors (Lipinski definition) is 4. The van der Waals surface area contributed by atoms with Crippen molar-refractivity contribution < 1.29 is 0 Å². The average Bonchev–Trinajstić information content (AvgIpc) is 2.90. The molecule has 0 radical (unpaired) electrons. The Labute approximate surface area is 128 Å². The van der Waals surface area contributed by atoms with Gasteiger partial charge in [0, 0.05) is 12.6 Å². The minimum Gasteiger partial charge on any atom is -0.368 e. The molecule has 2 heterocycles. The monoisotopic (exact) mass is 311 g/mol. The first-order valence-corrected chi connectivity index (χ1v) is 7.69. The van der Waals surface area contributed by atoms with Gasteiger partial charge in [-0.2, -0.15) is 20.1 Å². The molecule has 0 saturated heterocycles. The minimum atomic E-state index is 0.316. The lowest BCUT2D eigenvalue weighted by molar-refractivity contribution is 0.835. The highest BCUT2D eigenvalue weighted by Crippen LogP contribution is 2.13. The van der Waals surface area contributed by atoms with E-state index in [1.165, 1.54) is 18.1 Å². The van der Waals surface area contributed by atoms with Crippen molar-refractivity contribution in [3.8, 4) is 0 Å². The number of rotatable bonds is 5. The number of aromatic nitrogens is 6. The van der Waals surface area contributed by atoms with Crippen molar-refractivity contribution in [1.82, 2.24) is 30.1 Å². The molecule has 116 valence electrons. The molecular weight excluding hydrogens is 290 g/mol. The number of nitrogens with one attached hydrogen (secondary N) is 3. The third-order valence-electron chi connectivity index (χ3n) is 1.98. The summed E-state index contributed by atoms with van der Waals surface area (Å²) in [5.41, 5.74) is 5.05. The Bertz CT molecular complexity index is 514. The van der Waals surface area contributed by atoms with E-state index in [9.17, 15) is 0 Å². The maximum absolute atomic E-state index is 5.05. The summed E-state index contributed by atoms with van der Waals surface area (Å²) in [7, 11) is 0. The molecule has 2 rings (SSSR count). The molecule has 0 amide bonds. The molecule has 0 spiro atoms. The van der Waals surface area contributed by atoms with Gasteiger partial charge in [0.15, 0.2) is 5.16 Å². The Hall–Kier alpha value is -2.10. The minimum absolute atomic E-state index is 0.316. The summed E-state index contributed by atoms with van der Waals surface area (Å²) in [6.07, 6.45) is 3.31. The Kier molecular flexibility index (Phi) is 7.23. The highest BCUT2D eigenvalue weighted by molar-refractivity contribution is 7.98. The lowest BCUT2D eigenvalue weighted by atomic mass is 10.4. The molecule has 0 atom stereocenters. The zero-order valence-corrected chi connectivity index (χ0v) is 13.4. The summed E-state index contributed by atoms with van der Waals surface area (Å²) >= 11 is 1.51. The number of H-pyrrole nitrogens is 1. The van der Waals surface area contributed by atoms with Crippen molar-refractivity contribution in [2.45, 2.75) is 32.0 Å². The van der Waals surface area contributed by atoms with E-state index < -0.39 is 0 Å². The SMILES string of the molecule is CCNc1nc(NC(C)C)nc(SC)n1.Nc1ncn[nH]1. The van der Waals surface area contributed by atoms with Gasteiger partial charge in [0.25, 0.3) is 0 Å². The normalized spacial score (nSPS) is 9.95. The smallest absolute Gasteiger partial charge is 0.228 e. The zero-order valence-electron chi connectivity index (χ0n) is 12.6. The first-order valence-electron chi connectivity index (χ1n) is 6.46. The average molecular weight is 311 g/mol. The highest BCUT2D eigenvalue weighted by Gasteiger charge is 2.05. The number of nitrogen functional groups attached to an aromatic ring is 1. The second-order valence-corrected chi connectivity index (χ2v) is 4.94. The Morgan fingerprint density at radius 2 is 2.00 bits per heavy atom. The van der Waals surface area contributed by atoms with Crippen LogP contribution >= 0.6 is 11.8 Å². The highest BCUT2D eigenvalue weighted by atomic mass is 32.2. The molecule has 10 heteroatoms. The molecule has 0 saturated carbocycles. The summed E-state index contributed by atoms with van der Waals surface area (Å²) in [4.78, 5) is 16.3. The lowest BCUT2D eigenvalue weighted by Gasteiger charge is -2.10. The largest absolute Gasteiger partial charge is 0.368 e. The summed E-state index contributed by atoms with van der Waals surface area (Å²) in [6, 6.07) is 0.316. The maximum atomic E-state index is 5.05. The van der Waals surface area contributed by atoms with Crippen molar-refractivity contribution in [2.24, 2.45) is 0 Å². The van der Waals surface area contributed by atoms with Gasteiger partial charge in [-0.05, 0) is 27.0 Å². The van der Waals surface area contributed by atoms with Crippen LogP contribution in [0.4, 0.5) is 17.8 Å². The number of nitrogens with zero attached hydrogens (tertiary/aromatic N) is 5. The van der Waals surface area contributed by atoms with E-state index in [0.29, 0.717) is 23.9 Å². The van der Waals surface area contributed by atoms with E-state index in [-0.39, 0.29) is 0 Å². The van der Waals surface area contributed by atoms with Crippen LogP contribution in [-0.4, -0.2) is 49.0 Å². The number of aromatic amines is 1. The van der Waals surface area contributed by atoms with Crippen LogP contribution < -0.4 is 16.4 Å². The van der Waals surface area contributed by atoms with Gasteiger partial charge in [-0.3, -0.25) is 0 Å². The van der Waals surface area contributed by atoms with Crippen LogP contribution in [0.3, 0.4) is 0 Å². The van der Waals surface area contributed by atoms with Gasteiger partial charge in [0.05, 0.1) is 0 Å². The molecular formula is C11H21N9S. The zero-order chi connectivity index (χ0) is 15.7. The fourth-order valence-electron chi connectivity index (χ4n) is 1.22. The molecule has 0 aliphatic rings. The predicted octanol–water partition coefficient (Wildman–Crippen LogP) is 1.23. The predicted molar refractivity (Wildman–Crippen MR) is 85.3 cm³/mol. The Morgan fingerprint density at radius 1 is 1.29 bits per heavy atom. The fraction of sp³-hybridized carbons (Fsp3) is 0.545. The summed E-state index contributed by atoms with van der Waals surface area (Å²) in [5, 5.41) is 12.8. The van der Waals surface area contributed by atoms with Crippen LogP contribution in [-0.2, 0) is 0 Å². The van der Waals surface area contributed by atoms with Gasteiger partial charge in [0.2, 0.25) is 17.8 Å². The molecule has 2 aromatic rings. The van der Waals surface area contributed by atoms with Crippen LogP contribution in [0.25, 0.3) is 0 Å². The van der Waals surface area contributed by atoms with Crippen molar-refractivity contribution in [3.63, 3.8) is 0 Å². The van der Waals surface area contributed by atoms with Crippen molar-refractivity contribution in [2.75, 3.05) is 29.2 Å². The standard InChI is InChI=1S/C9H17N5S.C2H4N4/c1-5-10-7-12-8(11-6(2)3)14-9(13-7)15-4;3-2-4-1-5-6-2/h6H,5H2,1-4H3,(H2,10,11,12,13,14);1H,(H3,3,4,5,6).